The number of aromatic nitrogens is 1. The standard InChI is InChI=1S/C16H15N3O3S/c1-21-12-4-7-14-15(10-12)19-9-8-16(14)22-11-2-5-13(6-3-11)23(17,18)20/h2-10H,1H3,(H3,17,18,20). The summed E-state index contributed by atoms with van der Waals surface area (Å²) < 4.78 is 29.9. The van der Waals surface area contributed by atoms with Crippen LogP contribution < -0.4 is 14.6 Å². The number of nitrogens with zero attached hydrogens (tertiary/aromatic N) is 1. The molecule has 23 heavy (non-hydrogen) atoms. The minimum absolute atomic E-state index is 0.258. The Morgan fingerprint density at radius 1 is 1.09 bits per heavy atom. The van der Waals surface area contributed by atoms with Crippen LogP contribution in [0.1, 0.15) is 0 Å². The van der Waals surface area contributed by atoms with E-state index in [4.69, 9.17) is 19.4 Å². The number of fused-ring (bicyclic) bond motifs is 1. The van der Waals surface area contributed by atoms with E-state index in [1.807, 2.05) is 18.2 Å². The van der Waals surface area contributed by atoms with Gasteiger partial charge in [-0.15, -0.1) is 0 Å². The normalized spacial score (nSPS) is 13.5. The highest BCUT2D eigenvalue weighted by atomic mass is 32.2. The second kappa shape index (κ2) is 5.86. The van der Waals surface area contributed by atoms with Crippen LogP contribution in [0, 0.1) is 4.78 Å². The molecule has 0 spiro atoms. The Morgan fingerprint density at radius 3 is 2.43 bits per heavy atom. The third kappa shape index (κ3) is 3.25. The molecule has 1 aromatic heterocycles. The average molecular weight is 329 g/mol. The lowest BCUT2D eigenvalue weighted by atomic mass is 10.2. The van der Waals surface area contributed by atoms with Crippen molar-refractivity contribution in [2.75, 3.05) is 7.11 Å². The molecule has 1 unspecified atom stereocenters. The van der Waals surface area contributed by atoms with E-state index in [1.165, 1.54) is 12.1 Å². The Bertz CT molecular complexity index is 954. The van der Waals surface area contributed by atoms with Gasteiger partial charge in [-0.1, -0.05) is 0 Å². The second-order valence-corrected chi connectivity index (χ2v) is 6.54. The maximum absolute atomic E-state index is 11.5. The summed E-state index contributed by atoms with van der Waals surface area (Å²) in [4.78, 5) is 4.56. The van der Waals surface area contributed by atoms with Gasteiger partial charge in [0.2, 0.25) is 0 Å². The van der Waals surface area contributed by atoms with E-state index in [1.54, 1.807) is 31.5 Å². The monoisotopic (exact) mass is 329 g/mol. The van der Waals surface area contributed by atoms with Crippen molar-refractivity contribution in [3.05, 3.63) is 54.7 Å². The van der Waals surface area contributed by atoms with Gasteiger partial charge in [-0.3, -0.25) is 4.98 Å². The van der Waals surface area contributed by atoms with E-state index in [-0.39, 0.29) is 4.90 Å². The molecule has 0 aliphatic rings. The zero-order chi connectivity index (χ0) is 16.4. The lowest BCUT2D eigenvalue weighted by molar-refractivity contribution is 0.415. The fourth-order valence-electron chi connectivity index (χ4n) is 2.15. The topological polar surface area (TPSA) is 98.3 Å². The summed E-state index contributed by atoms with van der Waals surface area (Å²) in [5, 5.41) is 6.14. The molecule has 1 atom stereocenters. The summed E-state index contributed by atoms with van der Waals surface area (Å²) in [5.41, 5.74) is 0.759. The summed E-state index contributed by atoms with van der Waals surface area (Å²) >= 11 is 0. The zero-order valence-corrected chi connectivity index (χ0v) is 13.2. The van der Waals surface area contributed by atoms with E-state index in [2.05, 4.69) is 4.98 Å². The molecule has 7 heteroatoms. The third-order valence-corrected chi connectivity index (χ3v) is 4.28. The molecule has 1 heterocycles. The molecular weight excluding hydrogens is 314 g/mol. The maximum Gasteiger partial charge on any atom is 0.138 e. The first-order valence-electron chi connectivity index (χ1n) is 6.74. The van der Waals surface area contributed by atoms with Crippen molar-refractivity contribution in [1.82, 2.24) is 4.98 Å². The minimum atomic E-state index is -3.21. The quantitative estimate of drug-likeness (QED) is 0.767. The summed E-state index contributed by atoms with van der Waals surface area (Å²) in [5.74, 6) is 1.92. The Kier molecular flexibility index (Phi) is 3.89. The van der Waals surface area contributed by atoms with E-state index in [0.29, 0.717) is 11.5 Å². The van der Waals surface area contributed by atoms with Crippen molar-refractivity contribution >= 4 is 20.8 Å². The molecule has 3 aromatic rings. The molecule has 0 aliphatic heterocycles. The fraction of sp³-hybridized carbons (Fsp3) is 0.0625. The van der Waals surface area contributed by atoms with Gasteiger partial charge in [0.25, 0.3) is 0 Å². The highest BCUT2D eigenvalue weighted by Gasteiger charge is 2.07. The van der Waals surface area contributed by atoms with Crippen LogP contribution >= 0.6 is 0 Å². The molecule has 3 N–H and O–H groups in total. The van der Waals surface area contributed by atoms with Gasteiger partial charge in [0.05, 0.1) is 17.5 Å². The SMILES string of the molecule is COc1ccc2c(Oc3ccc(S(=N)(N)=O)cc3)ccnc2c1. The Hall–Kier alpha value is -2.64. The van der Waals surface area contributed by atoms with Gasteiger partial charge in [0, 0.05) is 17.6 Å². The molecule has 0 bridgehead atoms. The highest BCUT2D eigenvalue weighted by Crippen LogP contribution is 2.31. The number of nitrogens with two attached hydrogens (primary N) is 1. The molecule has 0 fully saturated rings. The predicted molar refractivity (Wildman–Crippen MR) is 88.1 cm³/mol. The molecule has 6 nitrogen and oxygen atoms in total. The zero-order valence-electron chi connectivity index (χ0n) is 12.4. The van der Waals surface area contributed by atoms with Gasteiger partial charge in [-0.2, -0.15) is 0 Å². The first-order chi connectivity index (χ1) is 11.0. The van der Waals surface area contributed by atoms with Crippen LogP contribution in [0.25, 0.3) is 10.9 Å². The van der Waals surface area contributed by atoms with E-state index < -0.39 is 9.92 Å². The minimum Gasteiger partial charge on any atom is -0.497 e. The summed E-state index contributed by atoms with van der Waals surface area (Å²) in [6.45, 7) is 0. The van der Waals surface area contributed by atoms with Crippen molar-refractivity contribution in [3.8, 4) is 17.2 Å². The van der Waals surface area contributed by atoms with Gasteiger partial charge >= 0.3 is 0 Å². The maximum atomic E-state index is 11.5. The van der Waals surface area contributed by atoms with Crippen LogP contribution in [0.15, 0.2) is 59.6 Å². The first-order valence-corrected chi connectivity index (χ1v) is 8.37. The van der Waals surface area contributed by atoms with E-state index in [0.717, 1.165) is 16.7 Å². The largest absolute Gasteiger partial charge is 0.497 e. The van der Waals surface area contributed by atoms with Crippen molar-refractivity contribution in [1.29, 1.82) is 4.78 Å². The van der Waals surface area contributed by atoms with Crippen LogP contribution in [-0.4, -0.2) is 16.3 Å². The number of nitrogens with one attached hydrogen (secondary N) is 1. The molecule has 118 valence electrons. The molecular formula is C16H15N3O3S. The van der Waals surface area contributed by atoms with Gasteiger partial charge in [0.1, 0.15) is 27.2 Å². The summed E-state index contributed by atoms with van der Waals surface area (Å²) in [6, 6.07) is 13.6. The number of benzene rings is 2. The van der Waals surface area contributed by atoms with Crippen molar-refractivity contribution in [2.45, 2.75) is 4.90 Å². The second-order valence-electron chi connectivity index (χ2n) is 4.87. The number of pyridine rings is 1. The van der Waals surface area contributed by atoms with Crippen molar-refractivity contribution in [2.24, 2.45) is 5.14 Å². The third-order valence-electron chi connectivity index (χ3n) is 3.31. The molecule has 0 radical (unpaired) electrons. The van der Waals surface area contributed by atoms with Crippen LogP contribution in [0.2, 0.25) is 0 Å². The van der Waals surface area contributed by atoms with Gasteiger partial charge < -0.3 is 9.47 Å². The van der Waals surface area contributed by atoms with Crippen LogP contribution in [0.4, 0.5) is 0 Å². The van der Waals surface area contributed by atoms with Crippen LogP contribution in [-0.2, 0) is 9.92 Å². The molecule has 0 saturated carbocycles. The van der Waals surface area contributed by atoms with Crippen molar-refractivity contribution in [3.63, 3.8) is 0 Å². The van der Waals surface area contributed by atoms with Gasteiger partial charge in [-0.25, -0.2) is 14.1 Å². The lowest BCUT2D eigenvalue weighted by Gasteiger charge is -2.10. The van der Waals surface area contributed by atoms with Gasteiger partial charge in [-0.05, 0) is 42.5 Å². The fourth-order valence-corrected chi connectivity index (χ4v) is 2.69. The average Bonchev–Trinajstić information content (AvgIpc) is 2.54. The predicted octanol–water partition coefficient (Wildman–Crippen LogP) is 3.32. The van der Waals surface area contributed by atoms with Crippen LogP contribution in [0.3, 0.4) is 0 Å². The highest BCUT2D eigenvalue weighted by molar-refractivity contribution is 7.90. The molecule has 0 saturated heterocycles. The molecule has 3 rings (SSSR count). The molecule has 0 amide bonds. The molecule has 0 aliphatic carbocycles. The number of ether oxygens (including phenoxy) is 2. The lowest BCUT2D eigenvalue weighted by Crippen LogP contribution is -2.09. The van der Waals surface area contributed by atoms with E-state index in [9.17, 15) is 4.21 Å². The Labute approximate surface area is 134 Å². The smallest absolute Gasteiger partial charge is 0.138 e. The number of rotatable bonds is 4. The summed E-state index contributed by atoms with van der Waals surface area (Å²) in [6.07, 6.45) is 1.65. The Morgan fingerprint density at radius 2 is 1.78 bits per heavy atom. The molecule has 2 aromatic carbocycles. The first kappa shape index (κ1) is 15.3. The van der Waals surface area contributed by atoms with Crippen LogP contribution in [0.5, 0.6) is 17.2 Å². The number of hydrogen-bond donors (Lipinski definition) is 2. The Balaban J connectivity index is 1.95. The van der Waals surface area contributed by atoms with Gasteiger partial charge in [0.15, 0.2) is 0 Å². The number of hydrogen-bond acceptors (Lipinski definition) is 5. The summed E-state index contributed by atoms with van der Waals surface area (Å²) in [7, 11) is -1.61. The van der Waals surface area contributed by atoms with Crippen molar-refractivity contribution < 1.29 is 13.7 Å². The number of methoxy groups -OCH3 is 1. The van der Waals surface area contributed by atoms with E-state index >= 15 is 0 Å².